The fourth-order valence-corrected chi connectivity index (χ4v) is 2.80. The zero-order valence-corrected chi connectivity index (χ0v) is 10.9. The minimum Gasteiger partial charge on any atom is -0.396 e. The Morgan fingerprint density at radius 1 is 1.63 bits per heavy atom. The lowest BCUT2D eigenvalue weighted by molar-refractivity contribution is 0.0612. The van der Waals surface area contributed by atoms with E-state index in [4.69, 9.17) is 4.89 Å². The first-order valence-electron chi connectivity index (χ1n) is 5.79. The molecule has 0 amide bonds. The van der Waals surface area contributed by atoms with Gasteiger partial charge < -0.3 is 19.8 Å². The number of nitrogens with zero attached hydrogens (tertiary/aromatic N) is 2. The number of aromatic nitrogens is 2. The van der Waals surface area contributed by atoms with Gasteiger partial charge in [-0.2, -0.15) is 0 Å². The molecule has 106 valence electrons. The largest absolute Gasteiger partial charge is 0.396 e. The van der Waals surface area contributed by atoms with Gasteiger partial charge in [-0.1, -0.05) is 0 Å². The van der Waals surface area contributed by atoms with Gasteiger partial charge in [0.05, 0.1) is 6.04 Å². The lowest BCUT2D eigenvalue weighted by atomic mass is 10.1. The van der Waals surface area contributed by atoms with Crippen LogP contribution in [0.2, 0.25) is 0 Å². The highest BCUT2D eigenvalue weighted by molar-refractivity contribution is 7.32. The Morgan fingerprint density at radius 3 is 3.00 bits per heavy atom. The average Bonchev–Trinajstić information content (AvgIpc) is 2.68. The molecule has 0 radical (unpaired) electrons. The Hall–Kier alpha value is -1.08. The van der Waals surface area contributed by atoms with E-state index in [1.165, 1.54) is 12.5 Å². The fraction of sp³-hybridized carbons (Fsp3) is 0.600. The van der Waals surface area contributed by atoms with Crippen LogP contribution in [-0.4, -0.2) is 44.9 Å². The van der Waals surface area contributed by atoms with Crippen molar-refractivity contribution in [2.75, 3.05) is 11.9 Å². The van der Waals surface area contributed by atoms with Crippen LogP contribution in [0, 0.1) is 5.92 Å². The lowest BCUT2D eigenvalue weighted by Crippen LogP contribution is -2.33. The molecule has 7 nitrogen and oxygen atoms in total. The summed E-state index contributed by atoms with van der Waals surface area (Å²) in [5.74, 6) is -0.0629. The standard InChI is InChI=1S/C10H15FN3O4P/c11-9-7(14-8-1-2-12-5-13-8)3-6(4-15)10(9)18-19(16)17/h1-2,5-7,9-10,15,19H,3-4H2,(H,16,17)(H,12,13,14)/t6-,7-,9-,10-/m1/s1. The van der Waals surface area contributed by atoms with E-state index < -0.39 is 32.5 Å². The zero-order valence-electron chi connectivity index (χ0n) is 9.94. The van der Waals surface area contributed by atoms with Gasteiger partial charge in [-0.15, -0.1) is 0 Å². The molecule has 19 heavy (non-hydrogen) atoms. The molecule has 0 aliphatic heterocycles. The Kier molecular flexibility index (Phi) is 4.81. The van der Waals surface area contributed by atoms with Gasteiger partial charge in [0.2, 0.25) is 0 Å². The minimum atomic E-state index is -3.24. The molecular weight excluding hydrogens is 276 g/mol. The molecule has 1 heterocycles. The van der Waals surface area contributed by atoms with E-state index in [1.54, 1.807) is 6.07 Å². The second-order valence-corrected chi connectivity index (χ2v) is 5.08. The molecule has 1 aromatic heterocycles. The Bertz CT molecular complexity index is 438. The van der Waals surface area contributed by atoms with Crippen molar-refractivity contribution in [1.29, 1.82) is 0 Å². The average molecular weight is 291 g/mol. The van der Waals surface area contributed by atoms with Gasteiger partial charge in [0, 0.05) is 18.7 Å². The summed E-state index contributed by atoms with van der Waals surface area (Å²) in [4.78, 5) is 16.4. The van der Waals surface area contributed by atoms with Crippen molar-refractivity contribution in [2.24, 2.45) is 5.92 Å². The first-order valence-corrected chi connectivity index (χ1v) is 7.05. The van der Waals surface area contributed by atoms with Crippen molar-refractivity contribution in [3.63, 3.8) is 0 Å². The highest BCUT2D eigenvalue weighted by Crippen LogP contribution is 2.37. The summed E-state index contributed by atoms with van der Waals surface area (Å²) < 4.78 is 29.5. The SMILES string of the molecule is O=[PH](O)O[C@@H]1[C@@H](CO)C[C@@H](Nc2ccncn2)[C@H]1F. The van der Waals surface area contributed by atoms with Crippen LogP contribution in [-0.2, 0) is 9.09 Å². The van der Waals surface area contributed by atoms with Crippen LogP contribution >= 0.6 is 8.25 Å². The number of rotatable bonds is 5. The summed E-state index contributed by atoms with van der Waals surface area (Å²) >= 11 is 0. The molecule has 2 rings (SSSR count). The maximum atomic E-state index is 14.2. The third-order valence-electron chi connectivity index (χ3n) is 3.11. The number of anilines is 1. The number of aliphatic hydroxyl groups excluding tert-OH is 1. The monoisotopic (exact) mass is 291 g/mol. The predicted molar refractivity (Wildman–Crippen MR) is 65.6 cm³/mol. The van der Waals surface area contributed by atoms with E-state index in [0.717, 1.165) is 0 Å². The van der Waals surface area contributed by atoms with E-state index >= 15 is 0 Å². The molecule has 1 saturated carbocycles. The van der Waals surface area contributed by atoms with Crippen LogP contribution in [0.1, 0.15) is 6.42 Å². The van der Waals surface area contributed by atoms with E-state index in [-0.39, 0.29) is 6.61 Å². The van der Waals surface area contributed by atoms with Crippen LogP contribution in [0.25, 0.3) is 0 Å². The minimum absolute atomic E-state index is 0.293. The van der Waals surface area contributed by atoms with Gasteiger partial charge in [0.15, 0.2) is 0 Å². The number of aliphatic hydroxyl groups is 1. The Labute approximate surface area is 109 Å². The second kappa shape index (κ2) is 6.38. The molecule has 5 atom stereocenters. The fourth-order valence-electron chi connectivity index (χ4n) is 2.24. The maximum Gasteiger partial charge on any atom is 0.316 e. The summed E-state index contributed by atoms with van der Waals surface area (Å²) in [7, 11) is -3.24. The summed E-state index contributed by atoms with van der Waals surface area (Å²) in [5.41, 5.74) is 0. The zero-order chi connectivity index (χ0) is 13.8. The predicted octanol–water partition coefficient (Wildman–Crippen LogP) is 0.375. The van der Waals surface area contributed by atoms with Crippen LogP contribution in [0.15, 0.2) is 18.6 Å². The number of hydrogen-bond acceptors (Lipinski definition) is 6. The van der Waals surface area contributed by atoms with Crippen molar-refractivity contribution >= 4 is 14.1 Å². The van der Waals surface area contributed by atoms with E-state index in [1.807, 2.05) is 0 Å². The first-order chi connectivity index (χ1) is 9.11. The normalized spacial score (nSPS) is 32.2. The van der Waals surface area contributed by atoms with Crippen LogP contribution in [0.3, 0.4) is 0 Å². The van der Waals surface area contributed by atoms with Crippen molar-refractivity contribution < 1.29 is 23.5 Å². The Balaban J connectivity index is 2.05. The van der Waals surface area contributed by atoms with Crippen molar-refractivity contribution in [3.05, 3.63) is 18.6 Å². The number of halogens is 1. The van der Waals surface area contributed by atoms with Crippen LogP contribution in [0.4, 0.5) is 10.2 Å². The molecule has 9 heteroatoms. The molecular formula is C10H15FN3O4P. The molecule has 1 aliphatic carbocycles. The van der Waals surface area contributed by atoms with Gasteiger partial charge >= 0.3 is 8.25 Å². The lowest BCUT2D eigenvalue weighted by Gasteiger charge is -2.19. The molecule has 0 saturated heterocycles. The molecule has 1 unspecified atom stereocenters. The van der Waals surface area contributed by atoms with Gasteiger partial charge in [-0.25, -0.2) is 14.4 Å². The van der Waals surface area contributed by atoms with Crippen molar-refractivity contribution in [3.8, 4) is 0 Å². The molecule has 3 N–H and O–H groups in total. The molecule has 0 spiro atoms. The summed E-state index contributed by atoms with van der Waals surface area (Å²) in [6.07, 6.45) is 0.561. The smallest absolute Gasteiger partial charge is 0.316 e. The van der Waals surface area contributed by atoms with Gasteiger partial charge in [-0.3, -0.25) is 4.57 Å². The molecule has 0 aromatic carbocycles. The van der Waals surface area contributed by atoms with Crippen LogP contribution in [0.5, 0.6) is 0 Å². The topological polar surface area (TPSA) is 105 Å². The first kappa shape index (κ1) is 14.3. The number of hydrogen-bond donors (Lipinski definition) is 3. The summed E-state index contributed by atoms with van der Waals surface area (Å²) in [6.45, 7) is -0.303. The summed E-state index contributed by atoms with van der Waals surface area (Å²) in [6, 6.07) is 0.961. The quantitative estimate of drug-likeness (QED) is 0.673. The molecule has 1 aromatic rings. The molecule has 1 fully saturated rings. The van der Waals surface area contributed by atoms with Gasteiger partial charge in [-0.05, 0) is 12.5 Å². The van der Waals surface area contributed by atoms with Crippen molar-refractivity contribution in [1.82, 2.24) is 9.97 Å². The van der Waals surface area contributed by atoms with Gasteiger partial charge in [0.25, 0.3) is 0 Å². The van der Waals surface area contributed by atoms with E-state index in [9.17, 15) is 14.1 Å². The highest BCUT2D eigenvalue weighted by atomic mass is 31.1. The third-order valence-corrected chi connectivity index (χ3v) is 3.58. The van der Waals surface area contributed by atoms with Gasteiger partial charge in [0.1, 0.15) is 24.4 Å². The van der Waals surface area contributed by atoms with E-state index in [0.29, 0.717) is 12.2 Å². The van der Waals surface area contributed by atoms with E-state index in [2.05, 4.69) is 19.8 Å². The third kappa shape index (κ3) is 3.48. The van der Waals surface area contributed by atoms with Crippen molar-refractivity contribution in [2.45, 2.75) is 24.7 Å². The second-order valence-electron chi connectivity index (χ2n) is 4.32. The number of nitrogens with one attached hydrogen (secondary N) is 1. The molecule has 1 aliphatic rings. The summed E-state index contributed by atoms with van der Waals surface area (Å²) in [5, 5.41) is 12.0. The molecule has 0 bridgehead atoms. The highest BCUT2D eigenvalue weighted by Gasteiger charge is 2.45. The maximum absolute atomic E-state index is 14.2. The number of alkyl halides is 1. The van der Waals surface area contributed by atoms with Crippen LogP contribution < -0.4 is 5.32 Å². The Morgan fingerprint density at radius 2 is 2.42 bits per heavy atom.